The molecule has 2 aromatic rings. The molecule has 0 amide bonds. The highest BCUT2D eigenvalue weighted by atomic mass is 16.3. The van der Waals surface area contributed by atoms with Crippen molar-refractivity contribution in [1.29, 1.82) is 0 Å². The van der Waals surface area contributed by atoms with Gasteiger partial charge in [0.25, 0.3) is 0 Å². The van der Waals surface area contributed by atoms with E-state index in [2.05, 4.69) is 12.0 Å². The van der Waals surface area contributed by atoms with Crippen LogP contribution in [0.3, 0.4) is 0 Å². The van der Waals surface area contributed by atoms with Crippen molar-refractivity contribution in [2.24, 2.45) is 12.8 Å². The third-order valence-electron chi connectivity index (χ3n) is 2.90. The first-order valence-electron chi connectivity index (χ1n) is 6.00. The van der Waals surface area contributed by atoms with E-state index in [1.807, 2.05) is 36.3 Å². The number of hydrogen-bond donors (Lipinski definition) is 1. The summed E-state index contributed by atoms with van der Waals surface area (Å²) in [6.45, 7) is 2.07. The molecule has 0 aliphatic carbocycles. The molecule has 2 aromatic heterocycles. The fourth-order valence-corrected chi connectivity index (χ4v) is 1.85. The summed E-state index contributed by atoms with van der Waals surface area (Å²) in [5.74, 6) is 1.88. The lowest BCUT2D eigenvalue weighted by Crippen LogP contribution is -2.10. The number of rotatable bonds is 5. The second kappa shape index (κ2) is 5.19. The van der Waals surface area contributed by atoms with Gasteiger partial charge in [0, 0.05) is 19.7 Å². The molecule has 0 aliphatic rings. The van der Waals surface area contributed by atoms with E-state index in [0.29, 0.717) is 0 Å². The van der Waals surface area contributed by atoms with Gasteiger partial charge in [0.15, 0.2) is 0 Å². The molecule has 0 radical (unpaired) electrons. The summed E-state index contributed by atoms with van der Waals surface area (Å²) in [5.41, 5.74) is 7.31. The van der Waals surface area contributed by atoms with Gasteiger partial charge in [0.2, 0.25) is 0 Å². The number of aryl methyl sites for hydroxylation is 3. The van der Waals surface area contributed by atoms with E-state index in [-0.39, 0.29) is 6.04 Å². The Balaban J connectivity index is 1.90. The quantitative estimate of drug-likeness (QED) is 0.861. The van der Waals surface area contributed by atoms with Crippen molar-refractivity contribution in [3.8, 4) is 0 Å². The average Bonchev–Trinajstić information content (AvgIpc) is 2.94. The Kier molecular flexibility index (Phi) is 3.64. The van der Waals surface area contributed by atoms with Crippen LogP contribution in [-0.2, 0) is 19.9 Å². The lowest BCUT2D eigenvalue weighted by Gasteiger charge is -2.07. The van der Waals surface area contributed by atoms with Crippen LogP contribution in [0.5, 0.6) is 0 Å². The molecule has 2 N–H and O–H groups in total. The molecule has 4 heteroatoms. The van der Waals surface area contributed by atoms with E-state index < -0.39 is 0 Å². The van der Waals surface area contributed by atoms with E-state index in [1.165, 1.54) is 5.56 Å². The zero-order valence-electron chi connectivity index (χ0n) is 10.4. The van der Waals surface area contributed by atoms with E-state index in [9.17, 15) is 0 Å². The van der Waals surface area contributed by atoms with Gasteiger partial charge in [0.05, 0.1) is 12.2 Å². The van der Waals surface area contributed by atoms with Gasteiger partial charge in [-0.1, -0.05) is 6.92 Å². The molecular formula is C13H19N3O. The second-order valence-corrected chi connectivity index (χ2v) is 4.33. The first kappa shape index (κ1) is 11.9. The standard InChI is InChI=1S/C13H19N3O/c1-3-11-5-7-13(17-11)12(14)6-4-10-8-15-16(2)9-10/h5,7-9,12H,3-4,6,14H2,1-2H3. The molecule has 0 saturated heterocycles. The van der Waals surface area contributed by atoms with Crippen molar-refractivity contribution in [3.05, 3.63) is 41.6 Å². The van der Waals surface area contributed by atoms with Crippen LogP contribution in [0.1, 0.15) is 36.5 Å². The molecule has 2 heterocycles. The molecule has 1 unspecified atom stereocenters. The van der Waals surface area contributed by atoms with Crippen LogP contribution in [0, 0.1) is 0 Å². The predicted molar refractivity (Wildman–Crippen MR) is 66.5 cm³/mol. The van der Waals surface area contributed by atoms with Crippen molar-refractivity contribution in [2.75, 3.05) is 0 Å². The maximum atomic E-state index is 6.10. The van der Waals surface area contributed by atoms with Crippen LogP contribution >= 0.6 is 0 Å². The largest absolute Gasteiger partial charge is 0.464 e. The third kappa shape index (κ3) is 2.97. The first-order valence-corrected chi connectivity index (χ1v) is 6.00. The molecule has 17 heavy (non-hydrogen) atoms. The highest BCUT2D eigenvalue weighted by Crippen LogP contribution is 2.19. The molecule has 92 valence electrons. The Bertz CT molecular complexity index is 472. The summed E-state index contributed by atoms with van der Waals surface area (Å²) in [7, 11) is 1.92. The van der Waals surface area contributed by atoms with Gasteiger partial charge in [-0.25, -0.2) is 0 Å². The maximum Gasteiger partial charge on any atom is 0.120 e. The molecule has 2 rings (SSSR count). The third-order valence-corrected chi connectivity index (χ3v) is 2.90. The zero-order valence-corrected chi connectivity index (χ0v) is 10.4. The summed E-state index contributed by atoms with van der Waals surface area (Å²) in [4.78, 5) is 0. The number of aromatic nitrogens is 2. The summed E-state index contributed by atoms with van der Waals surface area (Å²) >= 11 is 0. The van der Waals surface area contributed by atoms with Crippen molar-refractivity contribution < 1.29 is 4.42 Å². The number of hydrogen-bond acceptors (Lipinski definition) is 3. The molecule has 0 saturated carbocycles. The van der Waals surface area contributed by atoms with Crippen LogP contribution in [0.4, 0.5) is 0 Å². The highest BCUT2D eigenvalue weighted by Gasteiger charge is 2.11. The van der Waals surface area contributed by atoms with Gasteiger partial charge in [-0.05, 0) is 30.5 Å². The fraction of sp³-hybridized carbons (Fsp3) is 0.462. The van der Waals surface area contributed by atoms with Gasteiger partial charge >= 0.3 is 0 Å². The molecule has 0 aromatic carbocycles. The molecular weight excluding hydrogens is 214 g/mol. The smallest absolute Gasteiger partial charge is 0.120 e. The van der Waals surface area contributed by atoms with Crippen molar-refractivity contribution in [2.45, 2.75) is 32.2 Å². The average molecular weight is 233 g/mol. The molecule has 0 aliphatic heterocycles. The fourth-order valence-electron chi connectivity index (χ4n) is 1.85. The number of furan rings is 1. The molecule has 1 atom stereocenters. The SMILES string of the molecule is CCc1ccc(C(N)CCc2cnn(C)c2)o1. The minimum atomic E-state index is -0.0319. The molecule has 0 bridgehead atoms. The van der Waals surface area contributed by atoms with E-state index in [1.54, 1.807) is 0 Å². The predicted octanol–water partition coefficient (Wildman–Crippen LogP) is 2.21. The summed E-state index contributed by atoms with van der Waals surface area (Å²) in [6, 6.07) is 3.95. The number of nitrogens with two attached hydrogens (primary N) is 1. The van der Waals surface area contributed by atoms with Crippen LogP contribution in [0.2, 0.25) is 0 Å². The summed E-state index contributed by atoms with van der Waals surface area (Å²) in [6.07, 6.45) is 6.62. The van der Waals surface area contributed by atoms with Crippen LogP contribution < -0.4 is 5.73 Å². The van der Waals surface area contributed by atoms with Gasteiger partial charge in [-0.2, -0.15) is 5.10 Å². The van der Waals surface area contributed by atoms with Gasteiger partial charge in [-0.3, -0.25) is 4.68 Å². The molecule has 0 spiro atoms. The Hall–Kier alpha value is -1.55. The van der Waals surface area contributed by atoms with E-state index in [0.717, 1.165) is 30.8 Å². The zero-order chi connectivity index (χ0) is 12.3. The number of nitrogens with zero attached hydrogens (tertiary/aromatic N) is 2. The maximum absolute atomic E-state index is 6.10. The monoisotopic (exact) mass is 233 g/mol. The highest BCUT2D eigenvalue weighted by molar-refractivity contribution is 5.11. The van der Waals surface area contributed by atoms with Crippen molar-refractivity contribution >= 4 is 0 Å². The Morgan fingerprint density at radius 2 is 2.29 bits per heavy atom. The molecule has 0 fully saturated rings. The van der Waals surface area contributed by atoms with Crippen molar-refractivity contribution in [3.63, 3.8) is 0 Å². The normalized spacial score (nSPS) is 12.9. The minimum Gasteiger partial charge on any atom is -0.464 e. The van der Waals surface area contributed by atoms with E-state index >= 15 is 0 Å². The first-order chi connectivity index (χ1) is 8.19. The Morgan fingerprint density at radius 1 is 1.47 bits per heavy atom. The van der Waals surface area contributed by atoms with Crippen LogP contribution in [0.25, 0.3) is 0 Å². The minimum absolute atomic E-state index is 0.0319. The van der Waals surface area contributed by atoms with Crippen molar-refractivity contribution in [1.82, 2.24) is 9.78 Å². The van der Waals surface area contributed by atoms with Crippen LogP contribution in [0.15, 0.2) is 28.9 Å². The van der Waals surface area contributed by atoms with Gasteiger partial charge < -0.3 is 10.2 Å². The lowest BCUT2D eigenvalue weighted by atomic mass is 10.1. The molecule has 4 nitrogen and oxygen atoms in total. The van der Waals surface area contributed by atoms with Gasteiger partial charge in [0.1, 0.15) is 11.5 Å². The topological polar surface area (TPSA) is 57.0 Å². The second-order valence-electron chi connectivity index (χ2n) is 4.33. The Morgan fingerprint density at radius 3 is 2.88 bits per heavy atom. The lowest BCUT2D eigenvalue weighted by molar-refractivity contribution is 0.425. The Labute approximate surface area is 101 Å². The summed E-state index contributed by atoms with van der Waals surface area (Å²) < 4.78 is 7.45. The van der Waals surface area contributed by atoms with Gasteiger partial charge in [-0.15, -0.1) is 0 Å². The van der Waals surface area contributed by atoms with E-state index in [4.69, 9.17) is 10.2 Å². The summed E-state index contributed by atoms with van der Waals surface area (Å²) in [5, 5.41) is 4.14. The van der Waals surface area contributed by atoms with Crippen LogP contribution in [-0.4, -0.2) is 9.78 Å².